The van der Waals surface area contributed by atoms with Crippen molar-refractivity contribution in [2.75, 3.05) is 44.7 Å². The second-order valence-electron chi connectivity index (χ2n) is 5.46. The lowest BCUT2D eigenvalue weighted by atomic mass is 10.2. The Morgan fingerprint density at radius 1 is 1.14 bits per heavy atom. The van der Waals surface area contributed by atoms with Gasteiger partial charge in [0.2, 0.25) is 0 Å². The van der Waals surface area contributed by atoms with Crippen LogP contribution in [0.25, 0.3) is 11.0 Å². The molecule has 0 N–H and O–H groups in total. The summed E-state index contributed by atoms with van der Waals surface area (Å²) >= 11 is 0. The van der Waals surface area contributed by atoms with E-state index in [1.165, 1.54) is 7.11 Å². The zero-order valence-electron chi connectivity index (χ0n) is 13.0. The number of ether oxygens (including phenoxy) is 1. The van der Waals surface area contributed by atoms with Crippen LogP contribution in [0.3, 0.4) is 0 Å². The molecule has 0 unspecified atom stereocenters. The van der Waals surface area contributed by atoms with Crippen molar-refractivity contribution in [1.82, 2.24) is 14.9 Å². The Labute approximate surface area is 129 Å². The summed E-state index contributed by atoms with van der Waals surface area (Å²) in [5, 5.41) is 0. The number of carbonyl (C=O) groups excluding carboxylic acids is 1. The van der Waals surface area contributed by atoms with Crippen molar-refractivity contribution in [3.05, 3.63) is 30.0 Å². The summed E-state index contributed by atoms with van der Waals surface area (Å²) in [4.78, 5) is 25.1. The fraction of sp³-hybridized carbons (Fsp3) is 0.438. The van der Waals surface area contributed by atoms with Gasteiger partial charge in [-0.3, -0.25) is 9.69 Å². The first kappa shape index (κ1) is 14.7. The summed E-state index contributed by atoms with van der Waals surface area (Å²) in [6.07, 6.45) is 0. The topological polar surface area (TPSA) is 58.6 Å². The first-order chi connectivity index (χ1) is 10.7. The van der Waals surface area contributed by atoms with Crippen LogP contribution in [0, 0.1) is 6.92 Å². The molecular weight excluding hydrogens is 280 g/mol. The second-order valence-corrected chi connectivity index (χ2v) is 5.46. The summed E-state index contributed by atoms with van der Waals surface area (Å²) < 4.78 is 4.72. The molecule has 0 spiro atoms. The third-order valence-electron chi connectivity index (χ3n) is 3.97. The zero-order valence-corrected chi connectivity index (χ0v) is 13.0. The van der Waals surface area contributed by atoms with E-state index < -0.39 is 0 Å². The molecule has 0 bridgehead atoms. The van der Waals surface area contributed by atoms with Gasteiger partial charge in [0.15, 0.2) is 5.82 Å². The molecule has 0 saturated carbocycles. The van der Waals surface area contributed by atoms with Crippen LogP contribution in [-0.2, 0) is 9.53 Å². The first-order valence-corrected chi connectivity index (χ1v) is 7.45. The van der Waals surface area contributed by atoms with Gasteiger partial charge in [-0.15, -0.1) is 0 Å². The SMILES string of the molecule is COC(=O)CN1CCN(c2nc3ccccc3nc2C)CC1. The predicted octanol–water partition coefficient (Wildman–Crippen LogP) is 1.23. The molecule has 0 radical (unpaired) electrons. The number of carbonyl (C=O) groups is 1. The van der Waals surface area contributed by atoms with E-state index in [9.17, 15) is 4.79 Å². The number of esters is 1. The molecule has 1 saturated heterocycles. The molecule has 0 atom stereocenters. The van der Waals surface area contributed by atoms with Crippen molar-refractivity contribution in [3.63, 3.8) is 0 Å². The highest BCUT2D eigenvalue weighted by Crippen LogP contribution is 2.21. The van der Waals surface area contributed by atoms with Gasteiger partial charge in [-0.25, -0.2) is 9.97 Å². The number of fused-ring (bicyclic) bond motifs is 1. The Morgan fingerprint density at radius 2 is 1.77 bits per heavy atom. The van der Waals surface area contributed by atoms with Gasteiger partial charge in [0, 0.05) is 26.2 Å². The molecule has 6 nitrogen and oxygen atoms in total. The standard InChI is InChI=1S/C16H20N4O2/c1-12-16(18-14-6-4-3-5-13(14)17-12)20-9-7-19(8-10-20)11-15(21)22-2/h3-6H,7-11H2,1-2H3. The third-order valence-corrected chi connectivity index (χ3v) is 3.97. The van der Waals surface area contributed by atoms with Gasteiger partial charge in [-0.2, -0.15) is 0 Å². The molecule has 0 aliphatic carbocycles. The molecule has 1 aliphatic heterocycles. The molecule has 2 aromatic rings. The van der Waals surface area contributed by atoms with E-state index in [-0.39, 0.29) is 5.97 Å². The average molecular weight is 300 g/mol. The van der Waals surface area contributed by atoms with E-state index in [1.54, 1.807) is 0 Å². The minimum Gasteiger partial charge on any atom is -0.468 e. The van der Waals surface area contributed by atoms with E-state index in [4.69, 9.17) is 9.72 Å². The number of hydrogen-bond acceptors (Lipinski definition) is 6. The Hall–Kier alpha value is -2.21. The van der Waals surface area contributed by atoms with Gasteiger partial charge in [0.1, 0.15) is 0 Å². The zero-order chi connectivity index (χ0) is 15.5. The molecule has 1 aromatic heterocycles. The fourth-order valence-electron chi connectivity index (χ4n) is 2.74. The number of hydrogen-bond donors (Lipinski definition) is 0. The number of piperazine rings is 1. The molecule has 116 valence electrons. The maximum atomic E-state index is 11.3. The van der Waals surface area contributed by atoms with E-state index in [1.807, 2.05) is 31.2 Å². The molecule has 3 rings (SSSR count). The van der Waals surface area contributed by atoms with Crippen LogP contribution >= 0.6 is 0 Å². The van der Waals surface area contributed by atoms with Crippen molar-refractivity contribution in [2.45, 2.75) is 6.92 Å². The molecule has 1 fully saturated rings. The molecular formula is C16H20N4O2. The number of aryl methyl sites for hydroxylation is 1. The summed E-state index contributed by atoms with van der Waals surface area (Å²) in [6, 6.07) is 7.92. The largest absolute Gasteiger partial charge is 0.468 e. The second kappa shape index (κ2) is 6.27. The number of nitrogens with zero attached hydrogens (tertiary/aromatic N) is 4. The summed E-state index contributed by atoms with van der Waals surface area (Å²) in [5.74, 6) is 0.756. The Balaban J connectivity index is 1.73. The van der Waals surface area contributed by atoms with Crippen LogP contribution in [0.2, 0.25) is 0 Å². The summed E-state index contributed by atoms with van der Waals surface area (Å²) in [6.45, 7) is 5.67. The van der Waals surface area contributed by atoms with Gasteiger partial charge >= 0.3 is 5.97 Å². The van der Waals surface area contributed by atoms with Crippen molar-refractivity contribution in [2.24, 2.45) is 0 Å². The van der Waals surface area contributed by atoms with E-state index in [0.29, 0.717) is 6.54 Å². The maximum absolute atomic E-state index is 11.3. The quantitative estimate of drug-likeness (QED) is 0.795. The fourth-order valence-corrected chi connectivity index (χ4v) is 2.74. The lowest BCUT2D eigenvalue weighted by molar-refractivity contribution is -0.142. The van der Waals surface area contributed by atoms with Crippen LogP contribution < -0.4 is 4.90 Å². The first-order valence-electron chi connectivity index (χ1n) is 7.45. The highest BCUT2D eigenvalue weighted by molar-refractivity contribution is 5.76. The lowest BCUT2D eigenvalue weighted by Gasteiger charge is -2.35. The predicted molar refractivity (Wildman–Crippen MR) is 84.9 cm³/mol. The number of para-hydroxylation sites is 2. The highest BCUT2D eigenvalue weighted by atomic mass is 16.5. The van der Waals surface area contributed by atoms with E-state index in [0.717, 1.165) is 48.7 Å². The van der Waals surface area contributed by atoms with Crippen LogP contribution in [0.15, 0.2) is 24.3 Å². The minimum atomic E-state index is -0.185. The summed E-state index contributed by atoms with van der Waals surface area (Å²) in [5.41, 5.74) is 2.79. The van der Waals surface area contributed by atoms with Gasteiger partial charge < -0.3 is 9.64 Å². The van der Waals surface area contributed by atoms with Crippen LogP contribution in [0.5, 0.6) is 0 Å². The molecule has 2 heterocycles. The Morgan fingerprint density at radius 3 is 2.41 bits per heavy atom. The number of aromatic nitrogens is 2. The molecule has 1 aliphatic rings. The molecule has 1 aromatic carbocycles. The molecule has 6 heteroatoms. The number of anilines is 1. The molecule has 22 heavy (non-hydrogen) atoms. The van der Waals surface area contributed by atoms with Crippen molar-refractivity contribution < 1.29 is 9.53 Å². The Bertz CT molecular complexity index is 681. The van der Waals surface area contributed by atoms with Crippen molar-refractivity contribution >= 4 is 22.8 Å². The van der Waals surface area contributed by atoms with Gasteiger partial charge in [-0.1, -0.05) is 12.1 Å². The van der Waals surface area contributed by atoms with Gasteiger partial charge in [0.25, 0.3) is 0 Å². The van der Waals surface area contributed by atoms with Crippen molar-refractivity contribution in [1.29, 1.82) is 0 Å². The number of methoxy groups -OCH3 is 1. The molecule has 0 amide bonds. The van der Waals surface area contributed by atoms with Crippen molar-refractivity contribution in [3.8, 4) is 0 Å². The van der Waals surface area contributed by atoms with Gasteiger partial charge in [-0.05, 0) is 19.1 Å². The third kappa shape index (κ3) is 3.01. The van der Waals surface area contributed by atoms with Crippen LogP contribution in [-0.4, -0.2) is 60.7 Å². The number of benzene rings is 1. The van der Waals surface area contributed by atoms with E-state index in [2.05, 4.69) is 14.8 Å². The maximum Gasteiger partial charge on any atom is 0.319 e. The lowest BCUT2D eigenvalue weighted by Crippen LogP contribution is -2.48. The smallest absolute Gasteiger partial charge is 0.319 e. The average Bonchev–Trinajstić information content (AvgIpc) is 2.55. The van der Waals surface area contributed by atoms with Gasteiger partial charge in [0.05, 0.1) is 30.4 Å². The highest BCUT2D eigenvalue weighted by Gasteiger charge is 2.21. The number of rotatable bonds is 3. The normalized spacial score (nSPS) is 16.0. The van der Waals surface area contributed by atoms with Crippen LogP contribution in [0.4, 0.5) is 5.82 Å². The Kier molecular flexibility index (Phi) is 4.20. The summed E-state index contributed by atoms with van der Waals surface area (Å²) in [7, 11) is 1.42. The minimum absolute atomic E-state index is 0.185. The monoisotopic (exact) mass is 300 g/mol. The van der Waals surface area contributed by atoms with E-state index >= 15 is 0 Å². The van der Waals surface area contributed by atoms with Crippen LogP contribution in [0.1, 0.15) is 5.69 Å².